The number of hydrogen-bond donors (Lipinski definition) is 1. The molecule has 0 aliphatic rings. The summed E-state index contributed by atoms with van der Waals surface area (Å²) in [6.07, 6.45) is 1.52. The summed E-state index contributed by atoms with van der Waals surface area (Å²) in [5.74, 6) is -0.480. The van der Waals surface area contributed by atoms with Crippen LogP contribution in [0, 0.1) is 31.0 Å². The molecule has 0 radical (unpaired) electrons. The van der Waals surface area contributed by atoms with Crippen molar-refractivity contribution < 1.29 is 13.9 Å². The van der Waals surface area contributed by atoms with Crippen molar-refractivity contribution in [1.29, 1.82) is 5.26 Å². The number of nitrogens with zero attached hydrogens (tertiary/aromatic N) is 2. The number of ether oxygens (including phenoxy) is 1. The molecule has 1 N–H and O–H groups in total. The molecule has 0 aliphatic carbocycles. The predicted molar refractivity (Wildman–Crippen MR) is 142 cm³/mol. The van der Waals surface area contributed by atoms with Crippen molar-refractivity contribution in [2.24, 2.45) is 0 Å². The smallest absolute Gasteiger partial charge is 0.266 e. The Hall–Kier alpha value is -4.15. The summed E-state index contributed by atoms with van der Waals surface area (Å²) in [6, 6.07) is 25.4. The highest BCUT2D eigenvalue weighted by Crippen LogP contribution is 2.25. The third-order valence-corrected chi connectivity index (χ3v) is 6.20. The molecule has 0 spiro atoms. The highest BCUT2D eigenvalue weighted by molar-refractivity contribution is 9.10. The molecule has 3 aromatic carbocycles. The van der Waals surface area contributed by atoms with Gasteiger partial charge in [-0.2, -0.15) is 5.26 Å². The number of anilines is 1. The molecule has 0 saturated carbocycles. The van der Waals surface area contributed by atoms with Crippen molar-refractivity contribution in [1.82, 2.24) is 4.57 Å². The number of nitriles is 1. The van der Waals surface area contributed by atoms with Gasteiger partial charge in [-0.15, -0.1) is 0 Å². The maximum atomic E-state index is 13.9. The van der Waals surface area contributed by atoms with Crippen molar-refractivity contribution in [3.8, 4) is 17.5 Å². The summed E-state index contributed by atoms with van der Waals surface area (Å²) in [5.41, 5.74) is 4.43. The Morgan fingerprint density at radius 3 is 2.44 bits per heavy atom. The number of hydrogen-bond acceptors (Lipinski definition) is 3. The van der Waals surface area contributed by atoms with E-state index in [-0.39, 0.29) is 11.3 Å². The highest BCUT2D eigenvalue weighted by Gasteiger charge is 2.15. The van der Waals surface area contributed by atoms with Gasteiger partial charge in [0.25, 0.3) is 5.91 Å². The third-order valence-electron chi connectivity index (χ3n) is 5.67. The van der Waals surface area contributed by atoms with Gasteiger partial charge in [-0.1, -0.05) is 40.2 Å². The van der Waals surface area contributed by atoms with Crippen LogP contribution in [0.5, 0.6) is 5.75 Å². The molecule has 1 amide bonds. The Labute approximate surface area is 217 Å². The van der Waals surface area contributed by atoms with E-state index in [0.29, 0.717) is 6.61 Å². The summed E-state index contributed by atoms with van der Waals surface area (Å²) in [5, 5.41) is 12.0. The van der Waals surface area contributed by atoms with E-state index in [1.54, 1.807) is 6.07 Å². The number of nitrogens with one attached hydrogen (secondary N) is 1. The number of para-hydroxylation sites is 1. The molecule has 4 rings (SSSR count). The Balaban J connectivity index is 1.51. The Morgan fingerprint density at radius 2 is 1.78 bits per heavy atom. The minimum Gasteiger partial charge on any atom is -0.489 e. The SMILES string of the molecule is Cc1cc(/C=C(/C#N)C(=O)Nc2ccccc2F)c(C)n1-c1ccc(OCc2ccc(Br)cc2)cc1. The Morgan fingerprint density at radius 1 is 1.08 bits per heavy atom. The van der Waals surface area contributed by atoms with Gasteiger partial charge in [-0.25, -0.2) is 4.39 Å². The zero-order valence-electron chi connectivity index (χ0n) is 19.8. The topological polar surface area (TPSA) is 67.0 Å². The van der Waals surface area contributed by atoms with Crippen molar-refractivity contribution in [3.05, 3.63) is 117 Å². The van der Waals surface area contributed by atoms with E-state index in [1.165, 1.54) is 24.3 Å². The average Bonchev–Trinajstić information content (AvgIpc) is 3.16. The molecule has 7 heteroatoms. The molecule has 36 heavy (non-hydrogen) atoms. The molecule has 0 bridgehead atoms. The number of carbonyl (C=O) groups excluding carboxylic acids is 1. The quantitative estimate of drug-likeness (QED) is 0.199. The van der Waals surface area contributed by atoms with Crippen molar-refractivity contribution in [3.63, 3.8) is 0 Å². The second-order valence-electron chi connectivity index (χ2n) is 8.17. The number of rotatable bonds is 7. The van der Waals surface area contributed by atoms with Crippen LogP contribution in [-0.4, -0.2) is 10.5 Å². The molecule has 0 atom stereocenters. The number of aromatic nitrogens is 1. The van der Waals surface area contributed by atoms with E-state index >= 15 is 0 Å². The summed E-state index contributed by atoms with van der Waals surface area (Å²) >= 11 is 3.43. The van der Waals surface area contributed by atoms with Gasteiger partial charge in [-0.05, 0) is 85.6 Å². The molecule has 0 saturated heterocycles. The first-order valence-electron chi connectivity index (χ1n) is 11.2. The van der Waals surface area contributed by atoms with Crippen LogP contribution in [0.1, 0.15) is 22.5 Å². The lowest BCUT2D eigenvalue weighted by Gasteiger charge is -2.12. The Bertz CT molecular complexity index is 1470. The van der Waals surface area contributed by atoms with Crippen LogP contribution in [0.3, 0.4) is 0 Å². The van der Waals surface area contributed by atoms with Crippen LogP contribution in [0.2, 0.25) is 0 Å². The molecule has 0 fully saturated rings. The lowest BCUT2D eigenvalue weighted by Crippen LogP contribution is -2.14. The van der Waals surface area contributed by atoms with E-state index in [0.717, 1.165) is 38.4 Å². The highest BCUT2D eigenvalue weighted by atomic mass is 79.9. The van der Waals surface area contributed by atoms with Crippen molar-refractivity contribution >= 4 is 33.6 Å². The number of amides is 1. The van der Waals surface area contributed by atoms with Gasteiger partial charge in [0, 0.05) is 21.5 Å². The third kappa shape index (κ3) is 5.73. The first-order valence-corrected chi connectivity index (χ1v) is 12.0. The molecule has 1 aromatic heterocycles. The van der Waals surface area contributed by atoms with Gasteiger partial charge < -0.3 is 14.6 Å². The number of benzene rings is 3. The first-order chi connectivity index (χ1) is 17.4. The van der Waals surface area contributed by atoms with Gasteiger partial charge in [0.15, 0.2) is 0 Å². The summed E-state index contributed by atoms with van der Waals surface area (Å²) < 4.78 is 22.9. The second-order valence-corrected chi connectivity index (χ2v) is 9.09. The fourth-order valence-electron chi connectivity index (χ4n) is 3.83. The second kappa shape index (κ2) is 11.1. The number of carbonyl (C=O) groups is 1. The van der Waals surface area contributed by atoms with Gasteiger partial charge >= 0.3 is 0 Å². The molecule has 5 nitrogen and oxygen atoms in total. The molecule has 1 heterocycles. The van der Waals surface area contributed by atoms with Crippen molar-refractivity contribution in [2.45, 2.75) is 20.5 Å². The standard InChI is InChI=1S/C29H23BrFN3O2/c1-19-15-22(16-23(17-32)29(35)33-28-6-4-3-5-27(28)31)20(2)34(19)25-11-13-26(14-12-25)36-18-21-7-9-24(30)10-8-21/h3-16H,18H2,1-2H3,(H,33,35)/b23-16-. The Kier molecular flexibility index (Phi) is 7.67. The van der Waals surface area contributed by atoms with Crippen molar-refractivity contribution in [2.75, 3.05) is 5.32 Å². The minimum atomic E-state index is -0.667. The maximum Gasteiger partial charge on any atom is 0.266 e. The van der Waals surface area contributed by atoms with Crippen LogP contribution in [0.15, 0.2) is 88.9 Å². The average molecular weight is 544 g/mol. The molecule has 0 unspecified atom stereocenters. The minimum absolute atomic E-state index is 0.0246. The van der Waals surface area contributed by atoms with Crippen LogP contribution in [-0.2, 0) is 11.4 Å². The summed E-state index contributed by atoms with van der Waals surface area (Å²) in [7, 11) is 0. The predicted octanol–water partition coefficient (Wildman–Crippen LogP) is 7.12. The normalized spacial score (nSPS) is 11.1. The van der Waals surface area contributed by atoms with E-state index in [9.17, 15) is 14.4 Å². The zero-order chi connectivity index (χ0) is 25.7. The molecular formula is C29H23BrFN3O2. The van der Waals surface area contributed by atoms with Crippen LogP contribution >= 0.6 is 15.9 Å². The van der Waals surface area contributed by atoms with Gasteiger partial charge in [0.2, 0.25) is 0 Å². The zero-order valence-corrected chi connectivity index (χ0v) is 21.3. The summed E-state index contributed by atoms with van der Waals surface area (Å²) in [4.78, 5) is 12.6. The van der Waals surface area contributed by atoms with Crippen LogP contribution in [0.4, 0.5) is 10.1 Å². The van der Waals surface area contributed by atoms with Crippen LogP contribution < -0.4 is 10.1 Å². The summed E-state index contributed by atoms with van der Waals surface area (Å²) in [6.45, 7) is 4.34. The largest absolute Gasteiger partial charge is 0.489 e. The van der Waals surface area contributed by atoms with Gasteiger partial charge in [-0.3, -0.25) is 4.79 Å². The molecule has 180 valence electrons. The van der Waals surface area contributed by atoms with E-state index in [4.69, 9.17) is 4.74 Å². The lowest BCUT2D eigenvalue weighted by atomic mass is 10.1. The molecule has 4 aromatic rings. The molecular weight excluding hydrogens is 521 g/mol. The molecule has 0 aliphatic heterocycles. The first kappa shape index (κ1) is 25.0. The van der Waals surface area contributed by atoms with Gasteiger partial charge in [0.05, 0.1) is 5.69 Å². The number of aryl methyl sites for hydroxylation is 1. The fraction of sp³-hybridized carbons (Fsp3) is 0.103. The maximum absolute atomic E-state index is 13.9. The van der Waals surface area contributed by atoms with Crippen LogP contribution in [0.25, 0.3) is 11.8 Å². The van der Waals surface area contributed by atoms with E-state index in [1.807, 2.05) is 79.1 Å². The lowest BCUT2D eigenvalue weighted by molar-refractivity contribution is -0.112. The van der Waals surface area contributed by atoms with E-state index < -0.39 is 11.7 Å². The van der Waals surface area contributed by atoms with E-state index in [2.05, 4.69) is 21.2 Å². The fourth-order valence-corrected chi connectivity index (χ4v) is 4.09. The monoisotopic (exact) mass is 543 g/mol. The van der Waals surface area contributed by atoms with Gasteiger partial charge in [0.1, 0.15) is 29.8 Å². The number of halogens is 2.